The van der Waals surface area contributed by atoms with E-state index in [1.165, 1.54) is 0 Å². The molecule has 6 heteroatoms. The summed E-state index contributed by atoms with van der Waals surface area (Å²) in [5, 5.41) is 7.85. The van der Waals surface area contributed by atoms with Gasteiger partial charge in [0.2, 0.25) is 5.91 Å². The summed E-state index contributed by atoms with van der Waals surface area (Å²) in [5.41, 5.74) is 0. The van der Waals surface area contributed by atoms with E-state index in [1.54, 1.807) is 7.05 Å². The molecule has 0 aliphatic carbocycles. The van der Waals surface area contributed by atoms with Gasteiger partial charge >= 0.3 is 6.03 Å². The van der Waals surface area contributed by atoms with Crippen molar-refractivity contribution in [2.75, 3.05) is 26.8 Å². The van der Waals surface area contributed by atoms with Crippen LogP contribution in [0.5, 0.6) is 0 Å². The number of hydrogen-bond acceptors (Lipinski definition) is 3. The van der Waals surface area contributed by atoms with E-state index in [1.807, 2.05) is 0 Å². The summed E-state index contributed by atoms with van der Waals surface area (Å²) < 4.78 is 5.11. The van der Waals surface area contributed by atoms with Crippen molar-refractivity contribution in [3.63, 3.8) is 0 Å². The Morgan fingerprint density at radius 1 is 1.47 bits per heavy atom. The predicted octanol–water partition coefficient (Wildman–Crippen LogP) is -0.789. The number of carbonyl (C=O) groups is 2. The van der Waals surface area contributed by atoms with E-state index in [9.17, 15) is 9.59 Å². The van der Waals surface area contributed by atoms with Gasteiger partial charge in [0.15, 0.2) is 0 Å². The zero-order valence-corrected chi connectivity index (χ0v) is 8.84. The SMILES string of the molecule is CNC(=O)CCNC(=O)NC1CCOC1. The highest BCUT2D eigenvalue weighted by Gasteiger charge is 2.17. The Balaban J connectivity index is 2.05. The van der Waals surface area contributed by atoms with Crippen LogP contribution < -0.4 is 16.0 Å². The van der Waals surface area contributed by atoms with Gasteiger partial charge in [-0.1, -0.05) is 0 Å². The van der Waals surface area contributed by atoms with E-state index in [0.29, 0.717) is 26.2 Å². The summed E-state index contributed by atoms with van der Waals surface area (Å²) in [6, 6.07) is -0.139. The minimum Gasteiger partial charge on any atom is -0.379 e. The molecule has 3 amide bonds. The molecule has 1 saturated heterocycles. The van der Waals surface area contributed by atoms with Crippen molar-refractivity contribution < 1.29 is 14.3 Å². The van der Waals surface area contributed by atoms with Crippen LogP contribution in [0.25, 0.3) is 0 Å². The highest BCUT2D eigenvalue weighted by atomic mass is 16.5. The number of urea groups is 1. The van der Waals surface area contributed by atoms with Gasteiger partial charge in [0.1, 0.15) is 0 Å². The Labute approximate surface area is 88.7 Å². The number of carbonyl (C=O) groups excluding carboxylic acids is 2. The molecular formula is C9H17N3O3. The van der Waals surface area contributed by atoms with Crippen molar-refractivity contribution in [3.8, 4) is 0 Å². The normalized spacial score (nSPS) is 19.7. The first-order chi connectivity index (χ1) is 7.22. The second kappa shape index (κ2) is 6.23. The maximum absolute atomic E-state index is 11.3. The molecule has 1 unspecified atom stereocenters. The minimum absolute atomic E-state index is 0.0838. The largest absolute Gasteiger partial charge is 0.379 e. The van der Waals surface area contributed by atoms with E-state index in [-0.39, 0.29) is 18.0 Å². The lowest BCUT2D eigenvalue weighted by Gasteiger charge is -2.11. The molecule has 1 aliphatic rings. The Morgan fingerprint density at radius 2 is 2.27 bits per heavy atom. The lowest BCUT2D eigenvalue weighted by Crippen LogP contribution is -2.43. The molecule has 0 aromatic carbocycles. The van der Waals surface area contributed by atoms with E-state index in [2.05, 4.69) is 16.0 Å². The Hall–Kier alpha value is -1.30. The van der Waals surface area contributed by atoms with Crippen molar-refractivity contribution in [2.45, 2.75) is 18.9 Å². The van der Waals surface area contributed by atoms with Crippen LogP contribution in [0, 0.1) is 0 Å². The molecule has 0 spiro atoms. The second-order valence-corrected chi connectivity index (χ2v) is 3.38. The van der Waals surface area contributed by atoms with Crippen molar-refractivity contribution in [2.24, 2.45) is 0 Å². The molecule has 0 saturated carbocycles. The second-order valence-electron chi connectivity index (χ2n) is 3.38. The zero-order chi connectivity index (χ0) is 11.1. The first-order valence-electron chi connectivity index (χ1n) is 5.05. The smallest absolute Gasteiger partial charge is 0.315 e. The van der Waals surface area contributed by atoms with Crippen LogP contribution in [0.1, 0.15) is 12.8 Å². The third-order valence-electron chi connectivity index (χ3n) is 2.18. The van der Waals surface area contributed by atoms with Crippen LogP contribution in [0.15, 0.2) is 0 Å². The van der Waals surface area contributed by atoms with Crippen LogP contribution in [0.3, 0.4) is 0 Å². The summed E-state index contributed by atoms with van der Waals surface area (Å²) in [6.07, 6.45) is 1.15. The molecule has 86 valence electrons. The van der Waals surface area contributed by atoms with Gasteiger partial charge in [-0.05, 0) is 6.42 Å². The van der Waals surface area contributed by atoms with Crippen LogP contribution in [0.2, 0.25) is 0 Å². The Kier molecular flexibility index (Phi) is 4.89. The van der Waals surface area contributed by atoms with E-state index < -0.39 is 0 Å². The highest BCUT2D eigenvalue weighted by Crippen LogP contribution is 2.02. The fourth-order valence-corrected chi connectivity index (χ4v) is 1.30. The summed E-state index contributed by atoms with van der Waals surface area (Å²) in [6.45, 7) is 1.62. The highest BCUT2D eigenvalue weighted by molar-refractivity contribution is 5.78. The zero-order valence-electron chi connectivity index (χ0n) is 8.84. The fraction of sp³-hybridized carbons (Fsp3) is 0.778. The average Bonchev–Trinajstić information content (AvgIpc) is 2.70. The van der Waals surface area contributed by atoms with E-state index >= 15 is 0 Å². The first-order valence-corrected chi connectivity index (χ1v) is 5.05. The Bertz CT molecular complexity index is 227. The molecule has 0 aromatic rings. The molecule has 15 heavy (non-hydrogen) atoms. The molecule has 0 bridgehead atoms. The standard InChI is InChI=1S/C9H17N3O3/c1-10-8(13)2-4-11-9(14)12-7-3-5-15-6-7/h7H,2-6H2,1H3,(H,10,13)(H2,11,12,14). The van der Waals surface area contributed by atoms with Crippen molar-refractivity contribution >= 4 is 11.9 Å². The fourth-order valence-electron chi connectivity index (χ4n) is 1.30. The molecule has 1 fully saturated rings. The van der Waals surface area contributed by atoms with Crippen molar-refractivity contribution in [3.05, 3.63) is 0 Å². The Morgan fingerprint density at radius 3 is 2.87 bits per heavy atom. The number of ether oxygens (including phenoxy) is 1. The molecule has 6 nitrogen and oxygen atoms in total. The minimum atomic E-state index is -0.241. The molecule has 1 heterocycles. The molecular weight excluding hydrogens is 198 g/mol. The lowest BCUT2D eigenvalue weighted by atomic mass is 10.3. The summed E-state index contributed by atoms with van der Waals surface area (Å²) in [5.74, 6) is -0.0838. The van der Waals surface area contributed by atoms with Gasteiger partial charge in [0, 0.05) is 26.6 Å². The van der Waals surface area contributed by atoms with Crippen LogP contribution in [0.4, 0.5) is 4.79 Å². The van der Waals surface area contributed by atoms with Gasteiger partial charge in [-0.25, -0.2) is 4.79 Å². The summed E-state index contributed by atoms with van der Waals surface area (Å²) in [4.78, 5) is 22.1. The monoisotopic (exact) mass is 215 g/mol. The molecule has 1 aliphatic heterocycles. The summed E-state index contributed by atoms with van der Waals surface area (Å²) in [7, 11) is 1.57. The van der Waals surface area contributed by atoms with Gasteiger partial charge in [-0.3, -0.25) is 4.79 Å². The van der Waals surface area contributed by atoms with Gasteiger partial charge in [0.05, 0.1) is 12.6 Å². The number of nitrogens with one attached hydrogen (secondary N) is 3. The number of rotatable bonds is 4. The molecule has 0 aromatic heterocycles. The third kappa shape index (κ3) is 4.64. The topological polar surface area (TPSA) is 79.5 Å². The van der Waals surface area contributed by atoms with Gasteiger partial charge < -0.3 is 20.7 Å². The van der Waals surface area contributed by atoms with Crippen LogP contribution in [-0.4, -0.2) is 44.8 Å². The maximum atomic E-state index is 11.3. The van der Waals surface area contributed by atoms with Crippen LogP contribution >= 0.6 is 0 Å². The van der Waals surface area contributed by atoms with E-state index in [4.69, 9.17) is 4.74 Å². The number of hydrogen-bond donors (Lipinski definition) is 3. The van der Waals surface area contributed by atoms with Gasteiger partial charge in [-0.2, -0.15) is 0 Å². The average molecular weight is 215 g/mol. The van der Waals surface area contributed by atoms with Crippen molar-refractivity contribution in [1.29, 1.82) is 0 Å². The third-order valence-corrected chi connectivity index (χ3v) is 2.18. The van der Waals surface area contributed by atoms with E-state index in [0.717, 1.165) is 6.42 Å². The van der Waals surface area contributed by atoms with Crippen molar-refractivity contribution in [1.82, 2.24) is 16.0 Å². The summed E-state index contributed by atoms with van der Waals surface area (Å²) >= 11 is 0. The maximum Gasteiger partial charge on any atom is 0.315 e. The van der Waals surface area contributed by atoms with Gasteiger partial charge in [0.25, 0.3) is 0 Å². The molecule has 3 N–H and O–H groups in total. The molecule has 1 rings (SSSR count). The molecule has 0 radical (unpaired) electrons. The quantitative estimate of drug-likeness (QED) is 0.575. The number of amides is 3. The van der Waals surface area contributed by atoms with Gasteiger partial charge in [-0.15, -0.1) is 0 Å². The predicted molar refractivity (Wildman–Crippen MR) is 54.4 cm³/mol. The first kappa shape index (κ1) is 11.8. The van der Waals surface area contributed by atoms with Crippen LogP contribution in [-0.2, 0) is 9.53 Å². The lowest BCUT2D eigenvalue weighted by molar-refractivity contribution is -0.120. The molecule has 1 atom stereocenters.